The van der Waals surface area contributed by atoms with Crippen LogP contribution in [0.25, 0.3) is 16.9 Å². The van der Waals surface area contributed by atoms with E-state index in [4.69, 9.17) is 0 Å². The van der Waals surface area contributed by atoms with Crippen molar-refractivity contribution in [2.45, 2.75) is 6.92 Å². The number of rotatable bonds is 4. The Morgan fingerprint density at radius 2 is 1.96 bits per heavy atom. The minimum Gasteiger partial charge on any atom is -0.316 e. The summed E-state index contributed by atoms with van der Waals surface area (Å²) in [4.78, 5) is 8.84. The van der Waals surface area contributed by atoms with Gasteiger partial charge < -0.3 is 5.32 Å². The first-order valence-electron chi connectivity index (χ1n) is 7.65. The van der Waals surface area contributed by atoms with E-state index in [2.05, 4.69) is 20.4 Å². The van der Waals surface area contributed by atoms with Gasteiger partial charge in [-0.15, -0.1) is 11.3 Å². The van der Waals surface area contributed by atoms with Crippen LogP contribution in [0.2, 0.25) is 0 Å². The quantitative estimate of drug-likeness (QED) is 0.585. The number of pyridine rings is 1. The molecule has 0 spiro atoms. The number of halogens is 1. The Kier molecular flexibility index (Phi) is 3.99. The molecule has 0 fully saturated rings. The molecule has 0 aliphatic carbocycles. The zero-order valence-corrected chi connectivity index (χ0v) is 14.2. The van der Waals surface area contributed by atoms with E-state index in [-0.39, 0.29) is 5.82 Å². The summed E-state index contributed by atoms with van der Waals surface area (Å²) in [6, 6.07) is 11.9. The number of benzene rings is 1. The molecule has 4 aromatic rings. The predicted octanol–water partition coefficient (Wildman–Crippen LogP) is 4.58. The predicted molar refractivity (Wildman–Crippen MR) is 96.9 cm³/mol. The fourth-order valence-electron chi connectivity index (χ4n) is 2.50. The third kappa shape index (κ3) is 3.14. The maximum Gasteiger partial charge on any atom is 0.188 e. The van der Waals surface area contributed by atoms with E-state index in [1.807, 2.05) is 30.5 Å². The van der Waals surface area contributed by atoms with E-state index in [0.717, 1.165) is 33.6 Å². The van der Waals surface area contributed by atoms with Gasteiger partial charge in [0.1, 0.15) is 11.6 Å². The average molecular weight is 351 g/mol. The van der Waals surface area contributed by atoms with Crippen molar-refractivity contribution in [2.24, 2.45) is 0 Å². The molecule has 0 saturated heterocycles. The number of thiazole rings is 1. The molecule has 25 heavy (non-hydrogen) atoms. The largest absolute Gasteiger partial charge is 0.316 e. The molecule has 7 heteroatoms. The molecule has 0 atom stereocenters. The highest BCUT2D eigenvalue weighted by Crippen LogP contribution is 2.29. The molecule has 0 aliphatic rings. The second-order valence-electron chi connectivity index (χ2n) is 5.41. The third-order valence-electron chi connectivity index (χ3n) is 3.76. The number of hydrogen-bond donors (Lipinski definition) is 1. The second kappa shape index (κ2) is 6.45. The van der Waals surface area contributed by atoms with Crippen molar-refractivity contribution in [1.82, 2.24) is 19.7 Å². The van der Waals surface area contributed by atoms with Crippen LogP contribution < -0.4 is 5.32 Å². The fourth-order valence-corrected chi connectivity index (χ4v) is 3.22. The summed E-state index contributed by atoms with van der Waals surface area (Å²) in [5, 5.41) is 10.3. The fraction of sp³-hybridized carbons (Fsp3) is 0.0556. The molecule has 1 N–H and O–H groups in total. The number of nitrogens with zero attached hydrogens (tertiary/aromatic N) is 4. The lowest BCUT2D eigenvalue weighted by atomic mass is 10.2. The van der Waals surface area contributed by atoms with Gasteiger partial charge in [-0.25, -0.2) is 19.0 Å². The van der Waals surface area contributed by atoms with Gasteiger partial charge in [-0.2, -0.15) is 5.10 Å². The van der Waals surface area contributed by atoms with Crippen molar-refractivity contribution < 1.29 is 4.39 Å². The first kappa shape index (κ1) is 15.5. The molecule has 0 bridgehead atoms. The molecule has 0 radical (unpaired) electrons. The lowest BCUT2D eigenvalue weighted by Crippen LogP contribution is -1.98. The molecule has 0 saturated carbocycles. The Bertz CT molecular complexity index is 992. The van der Waals surface area contributed by atoms with Crippen molar-refractivity contribution in [2.75, 3.05) is 5.32 Å². The van der Waals surface area contributed by atoms with Crippen LogP contribution in [0.4, 0.5) is 15.3 Å². The van der Waals surface area contributed by atoms with Gasteiger partial charge in [0, 0.05) is 17.1 Å². The number of anilines is 2. The van der Waals surface area contributed by atoms with Crippen LogP contribution in [0.5, 0.6) is 0 Å². The van der Waals surface area contributed by atoms with Crippen LogP contribution in [0.3, 0.4) is 0 Å². The van der Waals surface area contributed by atoms with Crippen molar-refractivity contribution in [3.8, 4) is 16.9 Å². The van der Waals surface area contributed by atoms with Gasteiger partial charge in [0.15, 0.2) is 5.13 Å². The molecular weight excluding hydrogens is 337 g/mol. The standard InChI is InChI=1S/C18H14FN5S/c1-12-15(10-21-24(12)14-7-5-13(19)6-8-14)16-11-25-18(22-16)23-17-4-2-3-9-20-17/h2-11H,1H3,(H,20,22,23). The third-order valence-corrected chi connectivity index (χ3v) is 4.52. The second-order valence-corrected chi connectivity index (χ2v) is 6.27. The van der Waals surface area contributed by atoms with Crippen LogP contribution in [0.1, 0.15) is 5.69 Å². The Morgan fingerprint density at radius 1 is 1.12 bits per heavy atom. The van der Waals surface area contributed by atoms with Gasteiger partial charge in [0.05, 0.1) is 23.3 Å². The summed E-state index contributed by atoms with van der Waals surface area (Å²) in [6.07, 6.45) is 3.51. The van der Waals surface area contributed by atoms with Crippen molar-refractivity contribution >= 4 is 22.3 Å². The highest BCUT2D eigenvalue weighted by Gasteiger charge is 2.13. The van der Waals surface area contributed by atoms with E-state index in [1.54, 1.807) is 29.2 Å². The Hall–Kier alpha value is -3.06. The number of aromatic nitrogens is 4. The molecule has 124 valence electrons. The molecule has 0 aliphatic heterocycles. The number of hydrogen-bond acceptors (Lipinski definition) is 5. The maximum atomic E-state index is 13.1. The van der Waals surface area contributed by atoms with Crippen LogP contribution in [0, 0.1) is 12.7 Å². The van der Waals surface area contributed by atoms with E-state index in [0.29, 0.717) is 0 Å². The van der Waals surface area contributed by atoms with E-state index in [9.17, 15) is 4.39 Å². The zero-order valence-electron chi connectivity index (χ0n) is 13.3. The monoisotopic (exact) mass is 351 g/mol. The lowest BCUT2D eigenvalue weighted by Gasteiger charge is -2.04. The molecule has 0 unspecified atom stereocenters. The SMILES string of the molecule is Cc1c(-c2csc(Nc3ccccn3)n2)cnn1-c1ccc(F)cc1. The van der Waals surface area contributed by atoms with Crippen LogP contribution in [0.15, 0.2) is 60.2 Å². The molecule has 3 aromatic heterocycles. The van der Waals surface area contributed by atoms with E-state index in [1.165, 1.54) is 23.5 Å². The molecular formula is C18H14FN5S. The maximum absolute atomic E-state index is 13.1. The Labute approximate surface area is 147 Å². The lowest BCUT2D eigenvalue weighted by molar-refractivity contribution is 0.627. The number of nitrogens with one attached hydrogen (secondary N) is 1. The average Bonchev–Trinajstić information content (AvgIpc) is 3.23. The summed E-state index contributed by atoms with van der Waals surface area (Å²) >= 11 is 1.51. The van der Waals surface area contributed by atoms with Crippen molar-refractivity contribution in [3.05, 3.63) is 71.7 Å². The first-order valence-corrected chi connectivity index (χ1v) is 8.53. The molecule has 4 rings (SSSR count). The highest BCUT2D eigenvalue weighted by atomic mass is 32.1. The van der Waals surface area contributed by atoms with Crippen LogP contribution in [-0.4, -0.2) is 19.7 Å². The Morgan fingerprint density at radius 3 is 2.72 bits per heavy atom. The van der Waals surface area contributed by atoms with Gasteiger partial charge >= 0.3 is 0 Å². The zero-order chi connectivity index (χ0) is 17.2. The minimum atomic E-state index is -0.265. The molecule has 5 nitrogen and oxygen atoms in total. The summed E-state index contributed by atoms with van der Waals surface area (Å²) in [5.74, 6) is 0.487. The van der Waals surface area contributed by atoms with Gasteiger partial charge in [-0.05, 0) is 43.3 Å². The van der Waals surface area contributed by atoms with Gasteiger partial charge in [-0.3, -0.25) is 0 Å². The molecule has 1 aromatic carbocycles. The highest BCUT2D eigenvalue weighted by molar-refractivity contribution is 7.14. The Balaban J connectivity index is 1.62. The molecule has 0 amide bonds. The van der Waals surface area contributed by atoms with E-state index < -0.39 is 0 Å². The minimum absolute atomic E-state index is 0.265. The van der Waals surface area contributed by atoms with Crippen molar-refractivity contribution in [3.63, 3.8) is 0 Å². The summed E-state index contributed by atoms with van der Waals surface area (Å²) < 4.78 is 14.9. The summed E-state index contributed by atoms with van der Waals surface area (Å²) in [6.45, 7) is 1.97. The summed E-state index contributed by atoms with van der Waals surface area (Å²) in [5.41, 5.74) is 3.54. The summed E-state index contributed by atoms with van der Waals surface area (Å²) in [7, 11) is 0. The van der Waals surface area contributed by atoms with Gasteiger partial charge in [0.2, 0.25) is 0 Å². The smallest absolute Gasteiger partial charge is 0.188 e. The first-order chi connectivity index (χ1) is 12.2. The normalized spacial score (nSPS) is 10.8. The topological polar surface area (TPSA) is 55.6 Å². The van der Waals surface area contributed by atoms with Crippen LogP contribution >= 0.6 is 11.3 Å². The van der Waals surface area contributed by atoms with Crippen molar-refractivity contribution in [1.29, 1.82) is 0 Å². The molecule has 3 heterocycles. The van der Waals surface area contributed by atoms with Gasteiger partial charge in [-0.1, -0.05) is 6.07 Å². The van der Waals surface area contributed by atoms with Crippen LogP contribution in [-0.2, 0) is 0 Å². The van der Waals surface area contributed by atoms with E-state index >= 15 is 0 Å². The van der Waals surface area contributed by atoms with Gasteiger partial charge in [0.25, 0.3) is 0 Å².